The molecule has 2 aromatic carbocycles. The number of amides is 1. The predicted octanol–water partition coefficient (Wildman–Crippen LogP) is 1.92. The fourth-order valence-electron chi connectivity index (χ4n) is 3.22. The fourth-order valence-corrected chi connectivity index (χ4v) is 3.22. The molecule has 8 nitrogen and oxygen atoms in total. The highest BCUT2D eigenvalue weighted by Crippen LogP contribution is 2.31. The van der Waals surface area contributed by atoms with E-state index in [9.17, 15) is 4.79 Å². The number of methoxy groups -OCH3 is 1. The van der Waals surface area contributed by atoms with Crippen molar-refractivity contribution in [2.45, 2.75) is 6.04 Å². The molecule has 1 amide bonds. The van der Waals surface area contributed by atoms with Gasteiger partial charge >= 0.3 is 0 Å². The number of nitriles is 1. The number of primary amides is 1. The first kappa shape index (κ1) is 21.4. The van der Waals surface area contributed by atoms with Crippen LogP contribution >= 0.6 is 0 Å². The van der Waals surface area contributed by atoms with Crippen LogP contribution in [-0.2, 0) is 9.53 Å². The van der Waals surface area contributed by atoms with Gasteiger partial charge in [-0.1, -0.05) is 6.07 Å². The summed E-state index contributed by atoms with van der Waals surface area (Å²) in [5.41, 5.74) is 7.50. The smallest absolute Gasteiger partial charge is 0.244 e. The molecule has 1 fully saturated rings. The van der Waals surface area contributed by atoms with Gasteiger partial charge in [-0.2, -0.15) is 5.26 Å². The van der Waals surface area contributed by atoms with Crippen molar-refractivity contribution < 1.29 is 19.0 Å². The minimum Gasteiger partial charge on any atom is -0.493 e. The average Bonchev–Trinajstić information content (AvgIpc) is 2.78. The van der Waals surface area contributed by atoms with Crippen LogP contribution in [0.1, 0.15) is 17.2 Å². The molecule has 0 bridgehead atoms. The summed E-state index contributed by atoms with van der Waals surface area (Å²) in [5, 5.41) is 12.0. The number of nitrogens with one attached hydrogen (secondary N) is 1. The number of nitrogens with zero attached hydrogens (tertiary/aromatic N) is 2. The zero-order chi connectivity index (χ0) is 21.3. The van der Waals surface area contributed by atoms with E-state index in [0.717, 1.165) is 32.8 Å². The molecule has 1 aliphatic rings. The van der Waals surface area contributed by atoms with Gasteiger partial charge in [-0.25, -0.2) is 0 Å². The van der Waals surface area contributed by atoms with Crippen molar-refractivity contribution in [2.75, 3.05) is 51.9 Å². The Morgan fingerprint density at radius 3 is 2.60 bits per heavy atom. The van der Waals surface area contributed by atoms with Gasteiger partial charge < -0.3 is 25.3 Å². The Labute approximate surface area is 176 Å². The van der Waals surface area contributed by atoms with E-state index in [1.807, 2.05) is 0 Å². The van der Waals surface area contributed by atoms with Crippen molar-refractivity contribution in [2.24, 2.45) is 5.73 Å². The highest BCUT2D eigenvalue weighted by molar-refractivity contribution is 5.84. The zero-order valence-corrected chi connectivity index (χ0v) is 17.0. The molecule has 8 heteroatoms. The van der Waals surface area contributed by atoms with Crippen LogP contribution in [-0.4, -0.2) is 57.4 Å². The van der Waals surface area contributed by atoms with Crippen LogP contribution < -0.4 is 20.5 Å². The molecule has 3 N–H and O–H groups in total. The summed E-state index contributed by atoms with van der Waals surface area (Å²) < 4.78 is 16.7. The van der Waals surface area contributed by atoms with E-state index >= 15 is 0 Å². The van der Waals surface area contributed by atoms with Crippen molar-refractivity contribution in [3.63, 3.8) is 0 Å². The Morgan fingerprint density at radius 2 is 1.97 bits per heavy atom. The van der Waals surface area contributed by atoms with Crippen LogP contribution in [0, 0.1) is 11.3 Å². The van der Waals surface area contributed by atoms with E-state index in [4.69, 9.17) is 25.2 Å². The summed E-state index contributed by atoms with van der Waals surface area (Å²) >= 11 is 0. The third kappa shape index (κ3) is 5.63. The summed E-state index contributed by atoms with van der Waals surface area (Å²) in [6.07, 6.45) is 0. The third-order valence-corrected chi connectivity index (χ3v) is 4.90. The van der Waals surface area contributed by atoms with Gasteiger partial charge in [0.15, 0.2) is 11.5 Å². The molecular formula is C22H26N4O4. The van der Waals surface area contributed by atoms with E-state index in [2.05, 4.69) is 16.3 Å². The zero-order valence-electron chi connectivity index (χ0n) is 17.0. The quantitative estimate of drug-likeness (QED) is 0.650. The molecule has 0 radical (unpaired) electrons. The van der Waals surface area contributed by atoms with E-state index in [1.165, 1.54) is 0 Å². The Hall–Kier alpha value is -3.28. The van der Waals surface area contributed by atoms with Gasteiger partial charge in [0.2, 0.25) is 5.91 Å². The summed E-state index contributed by atoms with van der Waals surface area (Å²) in [6, 6.07) is 13.4. The Balaban J connectivity index is 1.68. The molecule has 1 saturated heterocycles. The van der Waals surface area contributed by atoms with Gasteiger partial charge in [0, 0.05) is 25.3 Å². The number of anilines is 1. The number of hydrogen-bond acceptors (Lipinski definition) is 7. The maximum absolute atomic E-state index is 12.1. The molecule has 1 heterocycles. The number of carbonyl (C=O) groups is 1. The third-order valence-electron chi connectivity index (χ3n) is 4.90. The number of nitrogens with two attached hydrogens (primary N) is 1. The number of benzene rings is 2. The van der Waals surface area contributed by atoms with Crippen molar-refractivity contribution in [1.29, 1.82) is 5.26 Å². The normalized spacial score (nSPS) is 15.1. The van der Waals surface area contributed by atoms with Gasteiger partial charge in [-0.05, 0) is 42.0 Å². The summed E-state index contributed by atoms with van der Waals surface area (Å²) in [5.74, 6) is 0.612. The number of ether oxygens (including phenoxy) is 3. The first-order chi connectivity index (χ1) is 14.6. The lowest BCUT2D eigenvalue weighted by molar-refractivity contribution is -0.118. The van der Waals surface area contributed by atoms with Crippen LogP contribution in [0.2, 0.25) is 0 Å². The number of rotatable bonds is 9. The van der Waals surface area contributed by atoms with E-state index in [1.54, 1.807) is 49.6 Å². The summed E-state index contributed by atoms with van der Waals surface area (Å²) in [4.78, 5) is 14.4. The molecular weight excluding hydrogens is 384 g/mol. The second-order valence-electron chi connectivity index (χ2n) is 6.88. The van der Waals surface area contributed by atoms with E-state index in [-0.39, 0.29) is 0 Å². The van der Waals surface area contributed by atoms with Gasteiger partial charge in [-0.15, -0.1) is 0 Å². The van der Waals surface area contributed by atoms with Gasteiger partial charge in [0.1, 0.15) is 12.6 Å². The standard InChI is InChI=1S/C22H26N4O4/c1-28-20-14-17(4-7-19(20)30-13-10-26-8-11-29-12-9-26)21(22(24)27)25-18-5-2-16(15-23)3-6-18/h2-7,14,21,25H,8-13H2,1H3,(H2,24,27). The topological polar surface area (TPSA) is 110 Å². The Bertz CT molecular complexity index is 889. The van der Waals surface area contributed by atoms with Gasteiger partial charge in [-0.3, -0.25) is 9.69 Å². The van der Waals surface area contributed by atoms with Crippen LogP contribution in [0.25, 0.3) is 0 Å². The largest absolute Gasteiger partial charge is 0.493 e. The molecule has 1 aliphatic heterocycles. The molecule has 0 aromatic heterocycles. The number of morpholine rings is 1. The van der Waals surface area contributed by atoms with E-state index < -0.39 is 11.9 Å². The minimum atomic E-state index is -0.755. The maximum atomic E-state index is 12.1. The molecule has 158 valence electrons. The molecule has 1 unspecified atom stereocenters. The summed E-state index contributed by atoms with van der Waals surface area (Å²) in [7, 11) is 1.56. The lowest BCUT2D eigenvalue weighted by atomic mass is 10.0. The molecule has 0 aliphatic carbocycles. The Morgan fingerprint density at radius 1 is 1.23 bits per heavy atom. The van der Waals surface area contributed by atoms with Crippen LogP contribution in [0.15, 0.2) is 42.5 Å². The highest BCUT2D eigenvalue weighted by Gasteiger charge is 2.20. The fraction of sp³-hybridized carbons (Fsp3) is 0.364. The molecule has 2 aromatic rings. The average molecular weight is 410 g/mol. The van der Waals surface area contributed by atoms with Crippen molar-refractivity contribution >= 4 is 11.6 Å². The van der Waals surface area contributed by atoms with Crippen LogP contribution in [0.4, 0.5) is 5.69 Å². The first-order valence-corrected chi connectivity index (χ1v) is 9.77. The van der Waals surface area contributed by atoms with Crippen molar-refractivity contribution in [3.05, 3.63) is 53.6 Å². The molecule has 3 rings (SSSR count). The first-order valence-electron chi connectivity index (χ1n) is 9.77. The molecule has 1 atom stereocenters. The lowest BCUT2D eigenvalue weighted by Gasteiger charge is -2.26. The monoisotopic (exact) mass is 410 g/mol. The molecule has 30 heavy (non-hydrogen) atoms. The molecule has 0 spiro atoms. The predicted molar refractivity (Wildman–Crippen MR) is 112 cm³/mol. The van der Waals surface area contributed by atoms with E-state index in [0.29, 0.717) is 34.9 Å². The minimum absolute atomic E-state index is 0.526. The van der Waals surface area contributed by atoms with Gasteiger partial charge in [0.25, 0.3) is 0 Å². The second kappa shape index (κ2) is 10.5. The molecule has 0 saturated carbocycles. The number of carbonyl (C=O) groups excluding carboxylic acids is 1. The summed E-state index contributed by atoms with van der Waals surface area (Å²) in [6.45, 7) is 4.63. The SMILES string of the molecule is COc1cc(C(Nc2ccc(C#N)cc2)C(N)=O)ccc1OCCN1CCOCC1. The lowest BCUT2D eigenvalue weighted by Crippen LogP contribution is -2.38. The highest BCUT2D eigenvalue weighted by atomic mass is 16.5. The van der Waals surface area contributed by atoms with Crippen LogP contribution in [0.5, 0.6) is 11.5 Å². The van der Waals surface area contributed by atoms with Crippen LogP contribution in [0.3, 0.4) is 0 Å². The van der Waals surface area contributed by atoms with Crippen molar-refractivity contribution in [1.82, 2.24) is 4.90 Å². The number of hydrogen-bond donors (Lipinski definition) is 2. The maximum Gasteiger partial charge on any atom is 0.244 e. The Kier molecular flexibility index (Phi) is 7.49. The second-order valence-corrected chi connectivity index (χ2v) is 6.88. The van der Waals surface area contributed by atoms with Gasteiger partial charge in [0.05, 0.1) is 32.0 Å². The van der Waals surface area contributed by atoms with Crippen molar-refractivity contribution in [3.8, 4) is 17.6 Å².